The summed E-state index contributed by atoms with van der Waals surface area (Å²) < 4.78 is 40.1. The van der Waals surface area contributed by atoms with Crippen molar-refractivity contribution in [1.82, 2.24) is 15.2 Å². The van der Waals surface area contributed by atoms with E-state index < -0.39 is 18.1 Å². The van der Waals surface area contributed by atoms with Gasteiger partial charge in [0.15, 0.2) is 5.69 Å². The summed E-state index contributed by atoms with van der Waals surface area (Å²) in [5, 5.41) is 7.84. The van der Waals surface area contributed by atoms with Gasteiger partial charge in [0.05, 0.1) is 0 Å². The molecule has 112 valence electrons. The van der Waals surface area contributed by atoms with Crippen LogP contribution in [0.15, 0.2) is 30.6 Å². The molecule has 0 aliphatic rings. The molecule has 0 amide bonds. The molecular formula is C13H6F3N3O3. The molecule has 0 bridgehead atoms. The number of ether oxygens (including phenoxy) is 1. The summed E-state index contributed by atoms with van der Waals surface area (Å²) in [4.78, 5) is 26.3. The fraction of sp³-hybridized carbons (Fsp3) is 0.0769. The highest BCUT2D eigenvalue weighted by atomic mass is 19.4. The summed E-state index contributed by atoms with van der Waals surface area (Å²) in [6, 6.07) is 4.76. The lowest BCUT2D eigenvalue weighted by Crippen LogP contribution is -2.28. The predicted molar refractivity (Wildman–Crippen MR) is 67.9 cm³/mol. The first-order valence-corrected chi connectivity index (χ1v) is 5.92. The number of nitrogens with zero attached hydrogens (tertiary/aromatic N) is 2. The number of hydrogen-bond acceptors (Lipinski definition) is 5. The van der Waals surface area contributed by atoms with Gasteiger partial charge in [0.1, 0.15) is 5.52 Å². The summed E-state index contributed by atoms with van der Waals surface area (Å²) in [6.45, 7) is 0. The lowest BCUT2D eigenvalue weighted by Gasteiger charge is -2.04. The zero-order chi connectivity index (χ0) is 15.9. The zero-order valence-electron chi connectivity index (χ0n) is 10.6. The normalized spacial score (nSPS) is 11.8. The summed E-state index contributed by atoms with van der Waals surface area (Å²) >= 11 is 0. The predicted octanol–water partition coefficient (Wildman–Crippen LogP) is 2.36. The lowest BCUT2D eigenvalue weighted by molar-refractivity contribution is -0.193. The number of fused-ring (bicyclic) bond motifs is 3. The maximum absolute atomic E-state index is 12.1. The fourth-order valence-corrected chi connectivity index (χ4v) is 2.00. The average Bonchev–Trinajstić information content (AvgIpc) is 2.90. The van der Waals surface area contributed by atoms with E-state index in [1.807, 2.05) is 0 Å². The van der Waals surface area contributed by atoms with Crippen molar-refractivity contribution >= 4 is 33.6 Å². The molecule has 9 heteroatoms. The molecule has 3 aromatic rings. The number of alkyl halides is 3. The number of pyridine rings is 1. The van der Waals surface area contributed by atoms with E-state index in [0.29, 0.717) is 10.9 Å². The van der Waals surface area contributed by atoms with Crippen LogP contribution in [0.1, 0.15) is 10.5 Å². The van der Waals surface area contributed by atoms with Gasteiger partial charge < -0.3 is 4.74 Å². The molecule has 0 radical (unpaired) electrons. The molecule has 22 heavy (non-hydrogen) atoms. The van der Waals surface area contributed by atoms with Crippen molar-refractivity contribution in [3.05, 3.63) is 36.3 Å². The maximum atomic E-state index is 12.1. The van der Waals surface area contributed by atoms with Crippen molar-refractivity contribution in [1.29, 1.82) is 0 Å². The first-order valence-electron chi connectivity index (χ1n) is 5.92. The number of carbonyl (C=O) groups excluding carboxylic acids is 2. The number of aromatic amines is 1. The quantitative estimate of drug-likeness (QED) is 0.551. The van der Waals surface area contributed by atoms with Crippen molar-refractivity contribution in [2.45, 2.75) is 6.18 Å². The fourth-order valence-electron chi connectivity index (χ4n) is 2.00. The molecule has 6 nitrogen and oxygen atoms in total. The molecule has 0 aliphatic heterocycles. The molecule has 0 saturated heterocycles. The number of aromatic nitrogens is 3. The summed E-state index contributed by atoms with van der Waals surface area (Å²) in [5.41, 5.74) is 0.0395. The van der Waals surface area contributed by atoms with Crippen LogP contribution in [0.2, 0.25) is 0 Å². The lowest BCUT2D eigenvalue weighted by atomic mass is 10.1. The largest absolute Gasteiger partial charge is 0.491 e. The Morgan fingerprint density at radius 3 is 2.64 bits per heavy atom. The van der Waals surface area contributed by atoms with Crippen LogP contribution in [0.3, 0.4) is 0 Å². The monoisotopic (exact) mass is 309 g/mol. The van der Waals surface area contributed by atoms with E-state index in [0.717, 1.165) is 5.39 Å². The second-order valence-corrected chi connectivity index (χ2v) is 4.33. The summed E-state index contributed by atoms with van der Waals surface area (Å²) in [6.07, 6.45) is -2.15. The van der Waals surface area contributed by atoms with Gasteiger partial charge in [0, 0.05) is 28.6 Å². The number of hydrogen-bond donors (Lipinski definition) is 1. The number of carbonyl (C=O) groups is 2. The Labute approximate surface area is 119 Å². The van der Waals surface area contributed by atoms with E-state index >= 15 is 0 Å². The highest BCUT2D eigenvalue weighted by Crippen LogP contribution is 2.26. The number of nitrogens with one attached hydrogen (secondary N) is 1. The van der Waals surface area contributed by atoms with Crippen LogP contribution in [0.5, 0.6) is 0 Å². The Morgan fingerprint density at radius 1 is 1.14 bits per heavy atom. The van der Waals surface area contributed by atoms with E-state index in [4.69, 9.17) is 0 Å². The van der Waals surface area contributed by atoms with Crippen molar-refractivity contribution in [3.63, 3.8) is 0 Å². The van der Waals surface area contributed by atoms with Crippen LogP contribution in [-0.4, -0.2) is 33.3 Å². The molecule has 2 heterocycles. The molecule has 0 unspecified atom stereocenters. The van der Waals surface area contributed by atoms with Gasteiger partial charge in [0.2, 0.25) is 0 Å². The highest BCUT2D eigenvalue weighted by molar-refractivity contribution is 6.12. The number of benzene rings is 1. The van der Waals surface area contributed by atoms with Crippen LogP contribution < -0.4 is 0 Å². The molecule has 0 aliphatic carbocycles. The Kier molecular flexibility index (Phi) is 3.05. The van der Waals surface area contributed by atoms with E-state index in [1.165, 1.54) is 12.3 Å². The van der Waals surface area contributed by atoms with E-state index in [1.54, 1.807) is 18.3 Å². The molecule has 0 spiro atoms. The highest BCUT2D eigenvalue weighted by Gasteiger charge is 2.43. The Hall–Kier alpha value is -2.97. The number of rotatable bonds is 1. The standard InChI is InChI=1S/C13H6F3N3O3/c14-13(15,16)12(21)22-11(20)10-8-2-1-6-5-17-4-3-7(6)9(8)18-19-10/h1-5H,(H,18,19). The third-order valence-corrected chi connectivity index (χ3v) is 2.96. The molecule has 3 rings (SSSR count). The minimum Gasteiger partial charge on any atom is -0.381 e. The van der Waals surface area contributed by atoms with E-state index in [9.17, 15) is 22.8 Å². The number of halogens is 3. The third-order valence-electron chi connectivity index (χ3n) is 2.96. The maximum Gasteiger partial charge on any atom is 0.491 e. The zero-order valence-corrected chi connectivity index (χ0v) is 10.6. The van der Waals surface area contributed by atoms with E-state index in [2.05, 4.69) is 19.9 Å². The first kappa shape index (κ1) is 14.0. The number of H-pyrrole nitrogens is 1. The first-order chi connectivity index (χ1) is 10.4. The van der Waals surface area contributed by atoms with Gasteiger partial charge in [-0.3, -0.25) is 10.1 Å². The topological polar surface area (TPSA) is 84.9 Å². The van der Waals surface area contributed by atoms with E-state index in [-0.39, 0.29) is 11.1 Å². The van der Waals surface area contributed by atoms with Crippen LogP contribution in [0, 0.1) is 0 Å². The van der Waals surface area contributed by atoms with Gasteiger partial charge in [-0.15, -0.1) is 0 Å². The Bertz CT molecular complexity index is 902. The van der Waals surface area contributed by atoms with Gasteiger partial charge in [-0.2, -0.15) is 18.3 Å². The van der Waals surface area contributed by atoms with Gasteiger partial charge in [0.25, 0.3) is 0 Å². The minimum absolute atomic E-state index is 0.249. The van der Waals surface area contributed by atoms with Gasteiger partial charge in [-0.25, -0.2) is 9.59 Å². The second-order valence-electron chi connectivity index (χ2n) is 4.33. The third kappa shape index (κ3) is 2.26. The molecule has 2 aromatic heterocycles. The molecular weight excluding hydrogens is 303 g/mol. The van der Waals surface area contributed by atoms with Gasteiger partial charge in [-0.05, 0) is 12.1 Å². The Morgan fingerprint density at radius 2 is 1.91 bits per heavy atom. The molecule has 1 aromatic carbocycles. The van der Waals surface area contributed by atoms with Crippen LogP contribution >= 0.6 is 0 Å². The van der Waals surface area contributed by atoms with Gasteiger partial charge >= 0.3 is 18.1 Å². The Balaban J connectivity index is 2.04. The van der Waals surface area contributed by atoms with Crippen LogP contribution in [-0.2, 0) is 9.53 Å². The van der Waals surface area contributed by atoms with Crippen molar-refractivity contribution in [2.75, 3.05) is 0 Å². The summed E-state index contributed by atoms with van der Waals surface area (Å²) in [7, 11) is 0. The van der Waals surface area contributed by atoms with Crippen LogP contribution in [0.4, 0.5) is 13.2 Å². The smallest absolute Gasteiger partial charge is 0.381 e. The summed E-state index contributed by atoms with van der Waals surface area (Å²) in [5.74, 6) is -4.02. The molecule has 0 saturated carbocycles. The molecule has 0 atom stereocenters. The van der Waals surface area contributed by atoms with Crippen molar-refractivity contribution in [2.24, 2.45) is 0 Å². The minimum atomic E-state index is -5.25. The molecule has 0 fully saturated rings. The second kappa shape index (κ2) is 4.79. The average molecular weight is 309 g/mol. The van der Waals surface area contributed by atoms with Gasteiger partial charge in [-0.1, -0.05) is 6.07 Å². The SMILES string of the molecule is O=C(OC(=O)C(F)(F)F)c1[nH]nc2c1ccc1cnccc12. The number of esters is 2. The van der Waals surface area contributed by atoms with Crippen molar-refractivity contribution in [3.8, 4) is 0 Å². The van der Waals surface area contributed by atoms with Crippen molar-refractivity contribution < 1.29 is 27.5 Å². The van der Waals surface area contributed by atoms with Crippen LogP contribution in [0.25, 0.3) is 21.7 Å². The molecule has 1 N–H and O–H groups in total.